The van der Waals surface area contributed by atoms with Crippen molar-refractivity contribution in [3.8, 4) is 0 Å². The van der Waals surface area contributed by atoms with Crippen LogP contribution in [0.1, 0.15) is 51.4 Å². The van der Waals surface area contributed by atoms with E-state index in [0.717, 1.165) is 0 Å². The van der Waals surface area contributed by atoms with Gasteiger partial charge in [0.2, 0.25) is 0 Å². The first-order valence-electron chi connectivity index (χ1n) is 7.24. The smallest absolute Gasteiger partial charge is 0.0463 e. The highest BCUT2D eigenvalue weighted by atomic mass is 15.2. The fourth-order valence-electron chi connectivity index (χ4n) is 3.91. The normalized spacial score (nSPS) is 26.0. The Morgan fingerprint density at radius 1 is 1.18 bits per heavy atom. The Bertz CT molecular complexity index is 275. The molecule has 2 rings (SSSR count). The van der Waals surface area contributed by atoms with Crippen molar-refractivity contribution >= 4 is 0 Å². The van der Waals surface area contributed by atoms with E-state index in [1.165, 1.54) is 51.4 Å². The van der Waals surface area contributed by atoms with Gasteiger partial charge in [-0.05, 0) is 59.7 Å². The number of hydrogen-bond donors (Lipinski definition) is 1. The lowest BCUT2D eigenvalue weighted by Gasteiger charge is -2.45. The number of rotatable bonds is 4. The van der Waals surface area contributed by atoms with Crippen LogP contribution in [0.5, 0.6) is 0 Å². The predicted molar refractivity (Wildman–Crippen MR) is 74.3 cm³/mol. The largest absolute Gasteiger partial charge is 0.312 e. The molecule has 2 heteroatoms. The van der Waals surface area contributed by atoms with Crippen molar-refractivity contribution in [2.45, 2.75) is 62.9 Å². The third-order valence-electron chi connectivity index (χ3n) is 4.88. The quantitative estimate of drug-likeness (QED) is 0.755. The van der Waals surface area contributed by atoms with Gasteiger partial charge in [0.05, 0.1) is 0 Å². The van der Waals surface area contributed by atoms with E-state index in [-0.39, 0.29) is 0 Å². The number of allylic oxidation sites excluding steroid dienone is 1. The summed E-state index contributed by atoms with van der Waals surface area (Å²) in [6.45, 7) is 0. The number of hydrogen-bond acceptors (Lipinski definition) is 2. The van der Waals surface area contributed by atoms with Crippen molar-refractivity contribution in [2.75, 3.05) is 21.1 Å². The van der Waals surface area contributed by atoms with Crippen molar-refractivity contribution in [3.63, 3.8) is 0 Å². The highest BCUT2D eigenvalue weighted by Crippen LogP contribution is 2.40. The van der Waals surface area contributed by atoms with Gasteiger partial charge < -0.3 is 10.2 Å². The third-order valence-corrected chi connectivity index (χ3v) is 4.88. The van der Waals surface area contributed by atoms with Gasteiger partial charge in [0, 0.05) is 11.6 Å². The van der Waals surface area contributed by atoms with E-state index in [4.69, 9.17) is 0 Å². The Balaban J connectivity index is 2.22. The minimum atomic E-state index is 0.373. The molecule has 2 aliphatic rings. The van der Waals surface area contributed by atoms with E-state index in [2.05, 4.69) is 37.4 Å². The molecule has 0 aliphatic heterocycles. The Labute approximate surface area is 106 Å². The number of nitrogens with one attached hydrogen (secondary N) is 1. The molecule has 0 amide bonds. The molecule has 98 valence electrons. The maximum absolute atomic E-state index is 3.63. The molecule has 17 heavy (non-hydrogen) atoms. The average molecular weight is 236 g/mol. The molecular formula is C15H28N2. The highest BCUT2D eigenvalue weighted by Gasteiger charge is 2.43. The van der Waals surface area contributed by atoms with Gasteiger partial charge in [0.1, 0.15) is 0 Å². The summed E-state index contributed by atoms with van der Waals surface area (Å²) in [5.74, 6) is 0. The van der Waals surface area contributed by atoms with Crippen molar-refractivity contribution in [1.29, 1.82) is 0 Å². The second-order valence-electron chi connectivity index (χ2n) is 5.95. The summed E-state index contributed by atoms with van der Waals surface area (Å²) in [7, 11) is 6.67. The van der Waals surface area contributed by atoms with Crippen LogP contribution in [0, 0.1) is 0 Å². The molecule has 0 saturated heterocycles. The minimum absolute atomic E-state index is 0.373. The molecular weight excluding hydrogens is 208 g/mol. The van der Waals surface area contributed by atoms with Crippen LogP contribution in [0.2, 0.25) is 0 Å². The van der Waals surface area contributed by atoms with Crippen LogP contribution in [0.25, 0.3) is 0 Å². The van der Waals surface area contributed by atoms with Crippen LogP contribution in [0.3, 0.4) is 0 Å². The maximum Gasteiger partial charge on any atom is 0.0463 e. The third kappa shape index (κ3) is 2.43. The van der Waals surface area contributed by atoms with Crippen LogP contribution in [0.15, 0.2) is 11.6 Å². The second kappa shape index (κ2) is 5.53. The lowest BCUT2D eigenvalue weighted by Crippen LogP contribution is -2.57. The second-order valence-corrected chi connectivity index (χ2v) is 5.95. The molecule has 1 fully saturated rings. The number of nitrogens with zero attached hydrogens (tertiary/aromatic N) is 1. The van der Waals surface area contributed by atoms with Gasteiger partial charge in [0.25, 0.3) is 0 Å². The van der Waals surface area contributed by atoms with Gasteiger partial charge in [-0.3, -0.25) is 0 Å². The molecule has 0 spiro atoms. The summed E-state index contributed by atoms with van der Waals surface area (Å²) in [5.41, 5.74) is 2.05. The standard InChI is InChI=1S/C15H28N2/c1-16-14(13-9-5-4-6-10-13)15(17(2)3)11-7-8-12-15/h9,14,16H,4-8,10-12H2,1-3H3. The summed E-state index contributed by atoms with van der Waals surface area (Å²) in [5, 5.41) is 3.63. The molecule has 1 atom stereocenters. The van der Waals surface area contributed by atoms with Crippen molar-refractivity contribution in [3.05, 3.63) is 11.6 Å². The predicted octanol–water partition coefficient (Wildman–Crippen LogP) is 2.95. The molecule has 0 heterocycles. The minimum Gasteiger partial charge on any atom is -0.312 e. The van der Waals surface area contributed by atoms with Crippen LogP contribution in [-0.4, -0.2) is 37.6 Å². The fraction of sp³-hybridized carbons (Fsp3) is 0.867. The first-order valence-corrected chi connectivity index (χ1v) is 7.24. The highest BCUT2D eigenvalue weighted by molar-refractivity contribution is 5.22. The van der Waals surface area contributed by atoms with Crippen LogP contribution < -0.4 is 5.32 Å². The molecule has 0 aromatic rings. The Morgan fingerprint density at radius 2 is 1.88 bits per heavy atom. The van der Waals surface area contributed by atoms with Crippen LogP contribution >= 0.6 is 0 Å². The molecule has 0 bridgehead atoms. The van der Waals surface area contributed by atoms with E-state index < -0.39 is 0 Å². The fourth-order valence-corrected chi connectivity index (χ4v) is 3.91. The summed E-state index contributed by atoms with van der Waals surface area (Å²) in [6, 6.07) is 0.570. The SMILES string of the molecule is CNC(C1=CCCCC1)C1(N(C)C)CCCC1. The zero-order valence-electron chi connectivity index (χ0n) is 11.8. The maximum atomic E-state index is 3.63. The van der Waals surface area contributed by atoms with Crippen molar-refractivity contribution < 1.29 is 0 Å². The van der Waals surface area contributed by atoms with Crippen molar-refractivity contribution in [1.82, 2.24) is 10.2 Å². The lowest BCUT2D eigenvalue weighted by molar-refractivity contribution is 0.121. The molecule has 1 unspecified atom stereocenters. The van der Waals surface area contributed by atoms with Crippen LogP contribution in [-0.2, 0) is 0 Å². The molecule has 1 N–H and O–H groups in total. The van der Waals surface area contributed by atoms with Crippen molar-refractivity contribution in [2.24, 2.45) is 0 Å². The van der Waals surface area contributed by atoms with E-state index in [0.29, 0.717) is 11.6 Å². The van der Waals surface area contributed by atoms with Gasteiger partial charge in [-0.2, -0.15) is 0 Å². The monoisotopic (exact) mass is 236 g/mol. The zero-order valence-corrected chi connectivity index (χ0v) is 11.8. The molecule has 0 aromatic carbocycles. The lowest BCUT2D eigenvalue weighted by atomic mass is 9.79. The Kier molecular flexibility index (Phi) is 4.26. The molecule has 0 radical (unpaired) electrons. The average Bonchev–Trinajstić information content (AvgIpc) is 2.82. The Morgan fingerprint density at radius 3 is 2.35 bits per heavy atom. The van der Waals surface area contributed by atoms with E-state index in [9.17, 15) is 0 Å². The van der Waals surface area contributed by atoms with Gasteiger partial charge in [0.15, 0.2) is 0 Å². The molecule has 2 aliphatic carbocycles. The van der Waals surface area contributed by atoms with Gasteiger partial charge in [-0.25, -0.2) is 0 Å². The van der Waals surface area contributed by atoms with E-state index in [1.54, 1.807) is 5.57 Å². The van der Waals surface area contributed by atoms with Gasteiger partial charge >= 0.3 is 0 Å². The summed E-state index contributed by atoms with van der Waals surface area (Å²) >= 11 is 0. The summed E-state index contributed by atoms with van der Waals surface area (Å²) < 4.78 is 0. The number of likely N-dealkylation sites (N-methyl/N-ethyl adjacent to an activating group) is 2. The first kappa shape index (κ1) is 13.1. The van der Waals surface area contributed by atoms with Gasteiger partial charge in [-0.1, -0.05) is 24.5 Å². The molecule has 2 nitrogen and oxygen atoms in total. The van der Waals surface area contributed by atoms with Gasteiger partial charge in [-0.15, -0.1) is 0 Å². The molecule has 1 saturated carbocycles. The van der Waals surface area contributed by atoms with Crippen LogP contribution in [0.4, 0.5) is 0 Å². The Hall–Kier alpha value is -0.340. The summed E-state index contributed by atoms with van der Waals surface area (Å²) in [4.78, 5) is 2.48. The topological polar surface area (TPSA) is 15.3 Å². The zero-order chi connectivity index (χ0) is 12.3. The molecule has 0 aromatic heterocycles. The van der Waals surface area contributed by atoms with E-state index in [1.807, 2.05) is 0 Å². The summed E-state index contributed by atoms with van der Waals surface area (Å²) in [6.07, 6.45) is 13.4. The first-order chi connectivity index (χ1) is 8.20. The van der Waals surface area contributed by atoms with E-state index >= 15 is 0 Å².